The molecule has 0 bridgehead atoms. The van der Waals surface area contributed by atoms with Crippen molar-refractivity contribution in [1.29, 1.82) is 0 Å². The van der Waals surface area contributed by atoms with Crippen LogP contribution in [0.3, 0.4) is 0 Å². The van der Waals surface area contributed by atoms with E-state index in [1.807, 2.05) is 0 Å². The number of halogens is 2. The average molecular weight is 449 g/mol. The smallest absolute Gasteiger partial charge is 0.259 e. The van der Waals surface area contributed by atoms with Crippen molar-refractivity contribution in [2.75, 3.05) is 32.8 Å². The van der Waals surface area contributed by atoms with Crippen molar-refractivity contribution in [2.24, 2.45) is 5.92 Å². The van der Waals surface area contributed by atoms with E-state index in [0.29, 0.717) is 51.0 Å². The summed E-state index contributed by atoms with van der Waals surface area (Å²) in [6.07, 6.45) is 2.77. The van der Waals surface area contributed by atoms with E-state index < -0.39 is 29.3 Å². The number of nitrogens with zero attached hydrogens (tertiary/aromatic N) is 3. The van der Waals surface area contributed by atoms with Crippen LogP contribution in [-0.4, -0.2) is 77.0 Å². The first-order valence-corrected chi connectivity index (χ1v) is 11.2. The van der Waals surface area contributed by atoms with Crippen LogP contribution in [-0.2, 0) is 14.3 Å². The summed E-state index contributed by atoms with van der Waals surface area (Å²) in [6.45, 7) is 5.25. The van der Waals surface area contributed by atoms with E-state index in [9.17, 15) is 23.2 Å². The van der Waals surface area contributed by atoms with Gasteiger partial charge in [0.2, 0.25) is 11.8 Å². The van der Waals surface area contributed by atoms with Gasteiger partial charge in [-0.05, 0) is 43.7 Å². The lowest BCUT2D eigenvalue weighted by atomic mass is 9.83. The van der Waals surface area contributed by atoms with Crippen molar-refractivity contribution in [3.8, 4) is 0 Å². The number of rotatable bonds is 2. The first kappa shape index (κ1) is 22.6. The average Bonchev–Trinajstić information content (AvgIpc) is 3.14. The Morgan fingerprint density at radius 1 is 1.03 bits per heavy atom. The number of carbonyl (C=O) groups excluding carboxylic acids is 3. The maximum absolute atomic E-state index is 14.5. The number of ether oxygens (including phenoxy) is 1. The van der Waals surface area contributed by atoms with E-state index in [2.05, 4.69) is 6.92 Å². The molecular formula is C23H29F2N3O4. The van der Waals surface area contributed by atoms with E-state index in [1.54, 1.807) is 9.80 Å². The molecule has 1 aliphatic carbocycles. The van der Waals surface area contributed by atoms with E-state index in [4.69, 9.17) is 4.74 Å². The highest BCUT2D eigenvalue weighted by Gasteiger charge is 2.54. The number of benzene rings is 1. The molecule has 3 fully saturated rings. The molecule has 174 valence electrons. The Labute approximate surface area is 186 Å². The van der Waals surface area contributed by atoms with Crippen molar-refractivity contribution >= 4 is 17.7 Å². The van der Waals surface area contributed by atoms with Crippen LogP contribution >= 0.6 is 0 Å². The Morgan fingerprint density at radius 2 is 1.66 bits per heavy atom. The fourth-order valence-electron chi connectivity index (χ4n) is 5.01. The zero-order valence-electron chi connectivity index (χ0n) is 18.5. The molecule has 2 heterocycles. The second-order valence-electron chi connectivity index (χ2n) is 9.09. The van der Waals surface area contributed by atoms with Crippen molar-refractivity contribution in [2.45, 2.75) is 51.3 Å². The molecule has 0 aromatic heterocycles. The monoisotopic (exact) mass is 449 g/mol. The molecule has 1 aromatic carbocycles. The maximum atomic E-state index is 14.5. The molecule has 2 saturated heterocycles. The summed E-state index contributed by atoms with van der Waals surface area (Å²) in [5, 5.41) is 0. The Morgan fingerprint density at radius 3 is 2.25 bits per heavy atom. The Hall–Kier alpha value is -2.55. The van der Waals surface area contributed by atoms with Crippen LogP contribution in [0.15, 0.2) is 18.2 Å². The summed E-state index contributed by atoms with van der Waals surface area (Å²) in [6, 6.07) is 1.96. The van der Waals surface area contributed by atoms with Gasteiger partial charge < -0.3 is 14.5 Å². The molecule has 7 nitrogen and oxygen atoms in total. The van der Waals surface area contributed by atoms with Crippen LogP contribution in [0, 0.1) is 17.6 Å². The molecule has 4 rings (SSSR count). The van der Waals surface area contributed by atoms with Crippen LogP contribution in [0.25, 0.3) is 0 Å². The van der Waals surface area contributed by atoms with Gasteiger partial charge in [-0.3, -0.25) is 19.3 Å². The molecule has 1 spiro atoms. The summed E-state index contributed by atoms with van der Waals surface area (Å²) in [4.78, 5) is 43.3. The van der Waals surface area contributed by atoms with Gasteiger partial charge in [-0.15, -0.1) is 0 Å². The third-order valence-corrected chi connectivity index (χ3v) is 7.02. The molecule has 1 atom stereocenters. The number of hydrogen-bond acceptors (Lipinski definition) is 4. The molecular weight excluding hydrogens is 420 g/mol. The minimum Gasteiger partial charge on any atom is -0.353 e. The zero-order valence-corrected chi connectivity index (χ0v) is 18.5. The van der Waals surface area contributed by atoms with E-state index in [0.717, 1.165) is 25.0 Å². The normalized spacial score (nSPS) is 28.3. The number of piperazine rings is 1. The van der Waals surface area contributed by atoms with Crippen LogP contribution in [0.4, 0.5) is 8.78 Å². The zero-order chi connectivity index (χ0) is 23.0. The van der Waals surface area contributed by atoms with E-state index >= 15 is 0 Å². The summed E-state index contributed by atoms with van der Waals surface area (Å²) in [7, 11) is 0. The number of hydrogen-bond donors (Lipinski definition) is 0. The Kier molecular flexibility index (Phi) is 6.20. The molecule has 1 aromatic rings. The van der Waals surface area contributed by atoms with Gasteiger partial charge in [-0.25, -0.2) is 8.78 Å². The fraction of sp³-hybridized carbons (Fsp3) is 0.609. The van der Waals surface area contributed by atoms with Crippen molar-refractivity contribution < 1.29 is 27.9 Å². The molecule has 3 amide bonds. The van der Waals surface area contributed by atoms with Gasteiger partial charge in [0.05, 0.1) is 12.2 Å². The van der Waals surface area contributed by atoms with Gasteiger partial charge in [0.15, 0.2) is 0 Å². The van der Waals surface area contributed by atoms with Crippen LogP contribution in [0.5, 0.6) is 0 Å². The lowest BCUT2D eigenvalue weighted by molar-refractivity contribution is -0.142. The third-order valence-electron chi connectivity index (χ3n) is 7.02. The summed E-state index contributed by atoms with van der Waals surface area (Å²) >= 11 is 0. The highest BCUT2D eigenvalue weighted by atomic mass is 19.1. The third kappa shape index (κ3) is 4.10. The van der Waals surface area contributed by atoms with E-state index in [-0.39, 0.29) is 24.0 Å². The number of carbonyl (C=O) groups is 3. The minimum atomic E-state index is -0.966. The van der Waals surface area contributed by atoms with E-state index in [1.165, 1.54) is 11.8 Å². The van der Waals surface area contributed by atoms with Crippen LogP contribution < -0.4 is 0 Å². The molecule has 1 unspecified atom stereocenters. The molecule has 0 N–H and O–H groups in total. The SMILES string of the molecule is CC(=O)N1CCN(C(=O)C2COC3(CCC(C)CC3)N2C(=O)c2ccc(F)cc2F)CC1. The van der Waals surface area contributed by atoms with Gasteiger partial charge in [-0.1, -0.05) is 6.92 Å². The predicted molar refractivity (Wildman–Crippen MR) is 111 cm³/mol. The first-order valence-electron chi connectivity index (χ1n) is 11.2. The quantitative estimate of drug-likeness (QED) is 0.695. The predicted octanol–water partition coefficient (Wildman–Crippen LogP) is 2.40. The molecule has 1 saturated carbocycles. The topological polar surface area (TPSA) is 70.2 Å². The maximum Gasteiger partial charge on any atom is 0.259 e. The lowest BCUT2D eigenvalue weighted by Crippen LogP contribution is -2.59. The largest absolute Gasteiger partial charge is 0.353 e. The molecule has 3 aliphatic rings. The lowest BCUT2D eigenvalue weighted by Gasteiger charge is -2.44. The summed E-state index contributed by atoms with van der Waals surface area (Å²) < 4.78 is 34.1. The minimum absolute atomic E-state index is 0.0364. The summed E-state index contributed by atoms with van der Waals surface area (Å²) in [5.74, 6) is -2.22. The van der Waals surface area contributed by atoms with Crippen molar-refractivity contribution in [3.05, 3.63) is 35.4 Å². The second kappa shape index (κ2) is 8.77. The van der Waals surface area contributed by atoms with Crippen LogP contribution in [0.2, 0.25) is 0 Å². The van der Waals surface area contributed by atoms with Gasteiger partial charge in [0.25, 0.3) is 5.91 Å². The highest BCUT2D eigenvalue weighted by Crippen LogP contribution is 2.43. The molecule has 2 aliphatic heterocycles. The second-order valence-corrected chi connectivity index (χ2v) is 9.09. The standard InChI is InChI=1S/C23H29F2N3O4/c1-15-5-7-23(8-6-15)28(21(30)18-4-3-17(24)13-19(18)25)20(14-32-23)22(31)27-11-9-26(10-12-27)16(2)29/h3-4,13,15,20H,5-12,14H2,1-2H3. The molecule has 9 heteroatoms. The van der Waals surface area contributed by atoms with Crippen LogP contribution in [0.1, 0.15) is 49.9 Å². The molecule has 32 heavy (non-hydrogen) atoms. The van der Waals surface area contributed by atoms with Gasteiger partial charge >= 0.3 is 0 Å². The van der Waals surface area contributed by atoms with Gasteiger partial charge in [-0.2, -0.15) is 0 Å². The van der Waals surface area contributed by atoms with Crippen molar-refractivity contribution in [1.82, 2.24) is 14.7 Å². The first-order chi connectivity index (χ1) is 15.2. The van der Waals surface area contributed by atoms with Gasteiger partial charge in [0.1, 0.15) is 23.4 Å². The fourth-order valence-corrected chi connectivity index (χ4v) is 5.01. The Balaban J connectivity index is 1.62. The Bertz CT molecular complexity index is 909. The summed E-state index contributed by atoms with van der Waals surface area (Å²) in [5.41, 5.74) is -1.24. The highest BCUT2D eigenvalue weighted by molar-refractivity contribution is 5.98. The van der Waals surface area contributed by atoms with Crippen molar-refractivity contribution in [3.63, 3.8) is 0 Å². The van der Waals surface area contributed by atoms with Gasteiger partial charge in [0, 0.05) is 39.2 Å². The number of amides is 3. The molecule has 0 radical (unpaired) electrons.